The summed E-state index contributed by atoms with van der Waals surface area (Å²) in [6.45, 7) is 1.92. The number of hydrogen-bond acceptors (Lipinski definition) is 4. The molecule has 1 atom stereocenters. The van der Waals surface area contributed by atoms with Crippen molar-refractivity contribution in [3.05, 3.63) is 53.6 Å². The molecule has 18 heavy (non-hydrogen) atoms. The van der Waals surface area contributed by atoms with Crippen LogP contribution in [0.1, 0.15) is 17.2 Å². The second-order valence-corrected chi connectivity index (χ2v) is 4.91. The second-order valence-electron chi connectivity index (χ2n) is 3.92. The molecule has 1 N–H and O–H groups in total. The molecular formula is C13H13FN2OS. The lowest BCUT2D eigenvalue weighted by molar-refractivity contribution is 0.204. The molecule has 0 spiro atoms. The summed E-state index contributed by atoms with van der Waals surface area (Å²) in [5, 5.41) is 10.6. The normalized spacial score (nSPS) is 12.4. The molecular weight excluding hydrogens is 251 g/mol. The highest BCUT2D eigenvalue weighted by molar-refractivity contribution is 7.99. The van der Waals surface area contributed by atoms with Gasteiger partial charge in [0.05, 0.1) is 6.10 Å². The fraction of sp³-hybridized carbons (Fsp3) is 0.231. The summed E-state index contributed by atoms with van der Waals surface area (Å²) in [5.41, 5.74) is 1.69. The van der Waals surface area contributed by atoms with Crippen molar-refractivity contribution in [2.24, 2.45) is 0 Å². The first-order valence-corrected chi connectivity index (χ1v) is 6.48. The van der Waals surface area contributed by atoms with E-state index in [0.717, 1.165) is 5.56 Å². The minimum atomic E-state index is -0.652. The van der Waals surface area contributed by atoms with Crippen molar-refractivity contribution in [3.63, 3.8) is 0 Å². The molecule has 0 amide bonds. The molecule has 3 nitrogen and oxygen atoms in total. The first-order valence-electron chi connectivity index (χ1n) is 5.50. The molecule has 1 unspecified atom stereocenters. The van der Waals surface area contributed by atoms with E-state index in [9.17, 15) is 9.50 Å². The molecule has 2 aromatic rings. The van der Waals surface area contributed by atoms with Crippen molar-refractivity contribution in [2.75, 3.05) is 5.75 Å². The predicted octanol–water partition coefficient (Wildman–Crippen LogP) is 2.75. The number of hydrogen-bond donors (Lipinski definition) is 1. The van der Waals surface area contributed by atoms with Gasteiger partial charge in [-0.2, -0.15) is 0 Å². The molecule has 0 aliphatic rings. The molecule has 0 saturated heterocycles. The number of nitrogens with zero attached hydrogens (tertiary/aromatic N) is 2. The van der Waals surface area contributed by atoms with E-state index in [0.29, 0.717) is 16.5 Å². The summed E-state index contributed by atoms with van der Waals surface area (Å²) in [4.78, 5) is 8.28. The lowest BCUT2D eigenvalue weighted by Crippen LogP contribution is -2.01. The van der Waals surface area contributed by atoms with Crippen LogP contribution < -0.4 is 0 Å². The number of aliphatic hydroxyl groups excluding tert-OH is 1. The summed E-state index contributed by atoms with van der Waals surface area (Å²) in [7, 11) is 0. The molecule has 0 fully saturated rings. The minimum Gasteiger partial charge on any atom is -0.388 e. The maximum absolute atomic E-state index is 12.7. The first kappa shape index (κ1) is 13.0. The first-order chi connectivity index (χ1) is 8.65. The zero-order chi connectivity index (χ0) is 13.0. The van der Waals surface area contributed by atoms with Gasteiger partial charge in [0.15, 0.2) is 5.16 Å². The van der Waals surface area contributed by atoms with Crippen LogP contribution in [-0.2, 0) is 0 Å². The highest BCUT2D eigenvalue weighted by atomic mass is 32.2. The lowest BCUT2D eigenvalue weighted by Gasteiger charge is -2.09. The van der Waals surface area contributed by atoms with E-state index in [-0.39, 0.29) is 5.82 Å². The van der Waals surface area contributed by atoms with Crippen LogP contribution in [0.15, 0.2) is 41.8 Å². The summed E-state index contributed by atoms with van der Waals surface area (Å²) in [5.74, 6) is 0.134. The third kappa shape index (κ3) is 3.51. The van der Waals surface area contributed by atoms with Gasteiger partial charge in [-0.25, -0.2) is 14.4 Å². The quantitative estimate of drug-likeness (QED) is 0.681. The molecule has 5 heteroatoms. The summed E-state index contributed by atoms with van der Waals surface area (Å²) < 4.78 is 12.7. The Bertz CT molecular complexity index is 501. The van der Waals surface area contributed by atoms with Crippen molar-refractivity contribution in [1.82, 2.24) is 9.97 Å². The molecule has 0 radical (unpaired) electrons. The molecule has 0 aliphatic heterocycles. The average molecular weight is 264 g/mol. The van der Waals surface area contributed by atoms with Crippen LogP contribution in [0.5, 0.6) is 0 Å². The number of benzene rings is 1. The van der Waals surface area contributed by atoms with Gasteiger partial charge in [-0.1, -0.05) is 23.9 Å². The van der Waals surface area contributed by atoms with Crippen molar-refractivity contribution in [2.45, 2.75) is 18.2 Å². The molecule has 94 valence electrons. The van der Waals surface area contributed by atoms with Gasteiger partial charge in [-0.05, 0) is 30.2 Å². The molecule has 1 heterocycles. The zero-order valence-electron chi connectivity index (χ0n) is 9.88. The third-order valence-corrected chi connectivity index (χ3v) is 3.33. The van der Waals surface area contributed by atoms with Gasteiger partial charge in [0.25, 0.3) is 0 Å². The number of aryl methyl sites for hydroxylation is 1. The average Bonchev–Trinajstić information content (AvgIpc) is 2.38. The molecule has 1 aromatic carbocycles. The van der Waals surface area contributed by atoms with E-state index in [1.807, 2.05) is 6.92 Å². The largest absolute Gasteiger partial charge is 0.388 e. The van der Waals surface area contributed by atoms with Gasteiger partial charge in [0.1, 0.15) is 5.82 Å². The van der Waals surface area contributed by atoms with Crippen molar-refractivity contribution in [3.8, 4) is 0 Å². The minimum absolute atomic E-state index is 0.305. The Kier molecular flexibility index (Phi) is 4.28. The standard InChI is InChI=1S/C13H13FN2OS/c1-9-6-15-13(16-7-9)18-8-12(17)10-2-4-11(14)5-3-10/h2-7,12,17H,8H2,1H3. The topological polar surface area (TPSA) is 46.0 Å². The van der Waals surface area contributed by atoms with Crippen LogP contribution in [0.2, 0.25) is 0 Å². The predicted molar refractivity (Wildman–Crippen MR) is 68.9 cm³/mol. The summed E-state index contributed by atoms with van der Waals surface area (Å²) in [6, 6.07) is 5.84. The zero-order valence-corrected chi connectivity index (χ0v) is 10.7. The van der Waals surface area contributed by atoms with E-state index in [4.69, 9.17) is 0 Å². The maximum atomic E-state index is 12.7. The van der Waals surface area contributed by atoms with Gasteiger partial charge in [-0.15, -0.1) is 0 Å². The number of aliphatic hydroxyl groups is 1. The molecule has 0 bridgehead atoms. The van der Waals surface area contributed by atoms with Crippen LogP contribution >= 0.6 is 11.8 Å². The van der Waals surface area contributed by atoms with E-state index in [1.165, 1.54) is 23.9 Å². The van der Waals surface area contributed by atoms with Crippen LogP contribution in [-0.4, -0.2) is 20.8 Å². The molecule has 0 aliphatic carbocycles. The van der Waals surface area contributed by atoms with Crippen LogP contribution in [0.25, 0.3) is 0 Å². The second kappa shape index (κ2) is 5.93. The Morgan fingerprint density at radius 2 is 1.83 bits per heavy atom. The maximum Gasteiger partial charge on any atom is 0.187 e. The van der Waals surface area contributed by atoms with Crippen molar-refractivity contribution in [1.29, 1.82) is 0 Å². The number of rotatable bonds is 4. The van der Waals surface area contributed by atoms with E-state index < -0.39 is 6.10 Å². The SMILES string of the molecule is Cc1cnc(SCC(O)c2ccc(F)cc2)nc1. The molecule has 1 aromatic heterocycles. The highest BCUT2D eigenvalue weighted by Gasteiger charge is 2.09. The van der Waals surface area contributed by atoms with Crippen molar-refractivity contribution < 1.29 is 9.50 Å². The Morgan fingerprint density at radius 1 is 1.22 bits per heavy atom. The van der Waals surface area contributed by atoms with Gasteiger partial charge < -0.3 is 5.11 Å². The molecule has 2 rings (SSSR count). The third-order valence-electron chi connectivity index (χ3n) is 2.38. The fourth-order valence-electron chi connectivity index (χ4n) is 1.39. The summed E-state index contributed by atoms with van der Waals surface area (Å²) in [6.07, 6.45) is 2.82. The van der Waals surface area contributed by atoms with E-state index in [2.05, 4.69) is 9.97 Å². The van der Waals surface area contributed by atoms with E-state index in [1.54, 1.807) is 24.5 Å². The van der Waals surface area contributed by atoms with E-state index >= 15 is 0 Å². The van der Waals surface area contributed by atoms with Crippen LogP contribution in [0.4, 0.5) is 4.39 Å². The Balaban J connectivity index is 1.93. The van der Waals surface area contributed by atoms with Crippen LogP contribution in [0, 0.1) is 12.7 Å². The lowest BCUT2D eigenvalue weighted by atomic mass is 10.1. The number of aromatic nitrogens is 2. The molecule has 0 saturated carbocycles. The monoisotopic (exact) mass is 264 g/mol. The Labute approximate surface area is 109 Å². The Morgan fingerprint density at radius 3 is 2.44 bits per heavy atom. The summed E-state index contributed by atoms with van der Waals surface area (Å²) >= 11 is 1.37. The number of halogens is 1. The van der Waals surface area contributed by atoms with Gasteiger partial charge in [0, 0.05) is 18.1 Å². The number of thioether (sulfide) groups is 1. The highest BCUT2D eigenvalue weighted by Crippen LogP contribution is 2.22. The Hall–Kier alpha value is -1.46. The van der Waals surface area contributed by atoms with Gasteiger partial charge in [-0.3, -0.25) is 0 Å². The van der Waals surface area contributed by atoms with Gasteiger partial charge in [0.2, 0.25) is 0 Å². The van der Waals surface area contributed by atoms with Crippen LogP contribution in [0.3, 0.4) is 0 Å². The fourth-order valence-corrected chi connectivity index (χ4v) is 2.14. The van der Waals surface area contributed by atoms with Crippen molar-refractivity contribution >= 4 is 11.8 Å². The smallest absolute Gasteiger partial charge is 0.187 e. The van der Waals surface area contributed by atoms with Gasteiger partial charge >= 0.3 is 0 Å².